The van der Waals surface area contributed by atoms with Gasteiger partial charge in [0.25, 0.3) is 0 Å². The lowest BCUT2D eigenvalue weighted by Gasteiger charge is -2.21. The van der Waals surface area contributed by atoms with E-state index in [4.69, 9.17) is 5.26 Å². The van der Waals surface area contributed by atoms with Gasteiger partial charge in [0.15, 0.2) is 0 Å². The van der Waals surface area contributed by atoms with Crippen LogP contribution in [0.3, 0.4) is 0 Å². The number of amides is 2. The lowest BCUT2D eigenvalue weighted by Crippen LogP contribution is -2.33. The maximum Gasteiger partial charge on any atom is 0.227 e. The van der Waals surface area contributed by atoms with Gasteiger partial charge in [-0.15, -0.1) is 0 Å². The summed E-state index contributed by atoms with van der Waals surface area (Å²) in [4.78, 5) is 26.1. The second kappa shape index (κ2) is 11.2. The minimum atomic E-state index is -0.328. The van der Waals surface area contributed by atoms with Crippen molar-refractivity contribution in [2.45, 2.75) is 25.7 Å². The van der Waals surface area contributed by atoms with Gasteiger partial charge < -0.3 is 10.2 Å². The van der Waals surface area contributed by atoms with Crippen molar-refractivity contribution in [1.29, 1.82) is 5.26 Å². The molecule has 0 heterocycles. The number of nitriles is 1. The van der Waals surface area contributed by atoms with Crippen LogP contribution in [0.15, 0.2) is 53.0 Å². The number of carbonyl (C=O) groups excluding carboxylic acids is 2. The van der Waals surface area contributed by atoms with E-state index in [1.54, 1.807) is 24.3 Å². The predicted molar refractivity (Wildman–Crippen MR) is 109 cm³/mol. The number of hydrogen-bond acceptors (Lipinski definition) is 3. The van der Waals surface area contributed by atoms with Crippen LogP contribution in [0.25, 0.3) is 0 Å². The highest BCUT2D eigenvalue weighted by molar-refractivity contribution is 9.10. The number of rotatable bonds is 9. The Kier molecular flexibility index (Phi) is 8.63. The fourth-order valence-electron chi connectivity index (χ4n) is 2.65. The quantitative estimate of drug-likeness (QED) is 0.634. The van der Waals surface area contributed by atoms with Crippen LogP contribution in [0, 0.1) is 17.1 Å². The van der Waals surface area contributed by atoms with Crippen molar-refractivity contribution >= 4 is 33.4 Å². The van der Waals surface area contributed by atoms with E-state index in [0.717, 1.165) is 5.56 Å². The van der Waals surface area contributed by atoms with Crippen molar-refractivity contribution in [3.8, 4) is 6.07 Å². The highest BCUT2D eigenvalue weighted by Gasteiger charge is 2.16. The molecule has 0 aromatic heterocycles. The molecule has 0 atom stereocenters. The van der Waals surface area contributed by atoms with Crippen LogP contribution in [0.5, 0.6) is 0 Å². The first-order chi connectivity index (χ1) is 13.5. The smallest absolute Gasteiger partial charge is 0.227 e. The zero-order valence-electron chi connectivity index (χ0n) is 15.3. The Hall–Kier alpha value is -2.72. The number of anilines is 1. The van der Waals surface area contributed by atoms with Gasteiger partial charge in [-0.05, 0) is 52.2 Å². The Morgan fingerprint density at radius 3 is 2.57 bits per heavy atom. The minimum Gasteiger partial charge on any atom is -0.356 e. The molecule has 0 aliphatic carbocycles. The predicted octanol–water partition coefficient (Wildman–Crippen LogP) is 3.97. The Balaban J connectivity index is 1.80. The van der Waals surface area contributed by atoms with Gasteiger partial charge in [0.2, 0.25) is 11.8 Å². The van der Waals surface area contributed by atoms with Gasteiger partial charge in [0.05, 0.1) is 17.0 Å². The Morgan fingerprint density at radius 2 is 1.89 bits per heavy atom. The van der Waals surface area contributed by atoms with Crippen LogP contribution in [-0.2, 0) is 16.0 Å². The summed E-state index contributed by atoms with van der Waals surface area (Å²) in [5.74, 6) is -0.743. The fraction of sp³-hybridized carbons (Fsp3) is 0.286. The van der Waals surface area contributed by atoms with Gasteiger partial charge in [-0.25, -0.2) is 4.39 Å². The molecule has 0 aliphatic heterocycles. The average molecular weight is 446 g/mol. The normalized spacial score (nSPS) is 10.2. The molecule has 2 amide bonds. The Bertz CT molecular complexity index is 852. The topological polar surface area (TPSA) is 73.2 Å². The second-order valence-corrected chi connectivity index (χ2v) is 6.99. The zero-order valence-corrected chi connectivity index (χ0v) is 16.9. The van der Waals surface area contributed by atoms with Gasteiger partial charge >= 0.3 is 0 Å². The van der Waals surface area contributed by atoms with E-state index in [9.17, 15) is 14.0 Å². The van der Waals surface area contributed by atoms with E-state index in [0.29, 0.717) is 29.7 Å². The van der Waals surface area contributed by atoms with Crippen LogP contribution >= 0.6 is 15.9 Å². The number of para-hydroxylation sites is 1. The minimum absolute atomic E-state index is 0.0637. The van der Waals surface area contributed by atoms with Gasteiger partial charge in [0, 0.05) is 31.6 Å². The molecule has 0 saturated carbocycles. The molecule has 0 unspecified atom stereocenters. The SMILES string of the molecule is N#CCCN(C(=O)CCC(=O)NCCc1ccc(F)c(Br)c1)c1ccccc1. The van der Waals surface area contributed by atoms with E-state index >= 15 is 0 Å². The number of nitrogens with zero attached hydrogens (tertiary/aromatic N) is 2. The van der Waals surface area contributed by atoms with E-state index in [-0.39, 0.29) is 36.9 Å². The summed E-state index contributed by atoms with van der Waals surface area (Å²) in [6, 6.07) is 15.9. The summed E-state index contributed by atoms with van der Waals surface area (Å²) in [5, 5.41) is 11.6. The first-order valence-corrected chi connectivity index (χ1v) is 9.73. The molecule has 0 bridgehead atoms. The third-order valence-corrected chi connectivity index (χ3v) is 4.71. The molecular formula is C21H21BrFN3O2. The molecule has 146 valence electrons. The summed E-state index contributed by atoms with van der Waals surface area (Å²) in [7, 11) is 0. The summed E-state index contributed by atoms with van der Waals surface area (Å²) < 4.78 is 13.6. The second-order valence-electron chi connectivity index (χ2n) is 6.14. The van der Waals surface area contributed by atoms with Gasteiger partial charge in [-0.2, -0.15) is 5.26 Å². The summed E-state index contributed by atoms with van der Waals surface area (Å²) in [6.07, 6.45) is 0.924. The van der Waals surface area contributed by atoms with Crippen molar-refractivity contribution in [1.82, 2.24) is 5.32 Å². The largest absolute Gasteiger partial charge is 0.356 e. The molecule has 7 heteroatoms. The van der Waals surface area contributed by atoms with Crippen LogP contribution in [0.2, 0.25) is 0 Å². The molecule has 0 radical (unpaired) electrons. The highest BCUT2D eigenvalue weighted by atomic mass is 79.9. The van der Waals surface area contributed by atoms with Gasteiger partial charge in [-0.1, -0.05) is 24.3 Å². The van der Waals surface area contributed by atoms with E-state index in [1.165, 1.54) is 11.0 Å². The first kappa shape index (κ1) is 21.6. The fourth-order valence-corrected chi connectivity index (χ4v) is 3.08. The molecule has 2 rings (SSSR count). The van der Waals surface area contributed by atoms with Crippen LogP contribution < -0.4 is 10.2 Å². The monoisotopic (exact) mass is 445 g/mol. The number of benzene rings is 2. The molecule has 0 fully saturated rings. The third kappa shape index (κ3) is 6.78. The van der Waals surface area contributed by atoms with Crippen molar-refractivity contribution in [2.75, 3.05) is 18.0 Å². The highest BCUT2D eigenvalue weighted by Crippen LogP contribution is 2.17. The molecular weight excluding hydrogens is 425 g/mol. The molecule has 2 aromatic rings. The number of hydrogen-bond donors (Lipinski definition) is 1. The van der Waals surface area contributed by atoms with Crippen LogP contribution in [-0.4, -0.2) is 24.9 Å². The number of carbonyl (C=O) groups is 2. The van der Waals surface area contributed by atoms with E-state index in [1.807, 2.05) is 24.3 Å². The Morgan fingerprint density at radius 1 is 1.14 bits per heavy atom. The molecule has 0 spiro atoms. The maximum absolute atomic E-state index is 13.2. The van der Waals surface area contributed by atoms with E-state index < -0.39 is 0 Å². The average Bonchev–Trinajstić information content (AvgIpc) is 2.70. The number of nitrogens with one attached hydrogen (secondary N) is 1. The van der Waals surface area contributed by atoms with Crippen LogP contribution in [0.1, 0.15) is 24.8 Å². The van der Waals surface area contributed by atoms with Crippen molar-refractivity contribution in [3.63, 3.8) is 0 Å². The lowest BCUT2D eigenvalue weighted by atomic mass is 10.1. The van der Waals surface area contributed by atoms with Crippen molar-refractivity contribution < 1.29 is 14.0 Å². The molecule has 2 aromatic carbocycles. The van der Waals surface area contributed by atoms with Crippen molar-refractivity contribution in [3.05, 3.63) is 64.4 Å². The molecule has 5 nitrogen and oxygen atoms in total. The Labute approximate surface area is 172 Å². The molecule has 1 N–H and O–H groups in total. The summed E-state index contributed by atoms with van der Waals surface area (Å²) in [5.41, 5.74) is 1.61. The summed E-state index contributed by atoms with van der Waals surface area (Å²) >= 11 is 3.13. The zero-order chi connectivity index (χ0) is 20.4. The lowest BCUT2D eigenvalue weighted by molar-refractivity contribution is -0.125. The summed E-state index contributed by atoms with van der Waals surface area (Å²) in [6.45, 7) is 0.697. The van der Waals surface area contributed by atoms with Crippen LogP contribution in [0.4, 0.5) is 10.1 Å². The van der Waals surface area contributed by atoms with Gasteiger partial charge in [0.1, 0.15) is 5.82 Å². The van der Waals surface area contributed by atoms with E-state index in [2.05, 4.69) is 21.2 Å². The molecule has 28 heavy (non-hydrogen) atoms. The first-order valence-electron chi connectivity index (χ1n) is 8.94. The molecule has 0 saturated heterocycles. The van der Waals surface area contributed by atoms with Gasteiger partial charge in [-0.3, -0.25) is 9.59 Å². The molecule has 0 aliphatic rings. The standard InChI is InChI=1S/C21H21BrFN3O2/c22-18-15-16(7-8-19(18)23)11-13-25-20(27)9-10-21(28)26(14-4-12-24)17-5-2-1-3-6-17/h1-3,5-8,15H,4,9-11,13-14H2,(H,25,27). The number of halogens is 2. The third-order valence-electron chi connectivity index (χ3n) is 4.10. The maximum atomic E-state index is 13.2. The van der Waals surface area contributed by atoms with Crippen molar-refractivity contribution in [2.24, 2.45) is 0 Å².